The molecule has 0 aliphatic carbocycles. The van der Waals surface area contributed by atoms with Gasteiger partial charge in [0.1, 0.15) is 11.3 Å². The highest BCUT2D eigenvalue weighted by Gasteiger charge is 2.24. The van der Waals surface area contributed by atoms with Crippen molar-refractivity contribution in [2.45, 2.75) is 39.8 Å². The summed E-state index contributed by atoms with van der Waals surface area (Å²) in [6, 6.07) is 21.9. The molecule has 184 valence electrons. The first kappa shape index (κ1) is 24.9. The fourth-order valence-electron chi connectivity index (χ4n) is 4.18. The lowest BCUT2D eigenvalue weighted by Crippen LogP contribution is -2.28. The van der Waals surface area contributed by atoms with Gasteiger partial charge in [0, 0.05) is 10.9 Å². The first-order chi connectivity index (χ1) is 17.1. The van der Waals surface area contributed by atoms with E-state index in [0.717, 1.165) is 16.7 Å². The van der Waals surface area contributed by atoms with E-state index in [1.165, 1.54) is 11.7 Å². The van der Waals surface area contributed by atoms with Gasteiger partial charge in [0.2, 0.25) is 0 Å². The fourth-order valence-corrected chi connectivity index (χ4v) is 4.18. The standard InChI is InChI=1S/C30H29NO5/c1-19-11-16-23-24(17-19)25(21-9-7-6-8-10-21)26(29(34)35-5)31(27(23)32)18-20-12-14-22(15-13-20)28(33)36-30(2,3)4/h6-17H,18H2,1-5H3. The quantitative estimate of drug-likeness (QED) is 0.337. The summed E-state index contributed by atoms with van der Waals surface area (Å²) < 4.78 is 12.0. The van der Waals surface area contributed by atoms with Crippen LogP contribution in [0.5, 0.6) is 0 Å². The van der Waals surface area contributed by atoms with Crippen molar-refractivity contribution in [1.29, 1.82) is 0 Å². The molecule has 0 aliphatic rings. The van der Waals surface area contributed by atoms with Gasteiger partial charge in [-0.15, -0.1) is 0 Å². The number of hydrogen-bond acceptors (Lipinski definition) is 5. The second-order valence-electron chi connectivity index (χ2n) is 9.72. The summed E-state index contributed by atoms with van der Waals surface area (Å²) >= 11 is 0. The summed E-state index contributed by atoms with van der Waals surface area (Å²) in [6.45, 7) is 7.51. The van der Waals surface area contributed by atoms with E-state index in [1.807, 2.05) is 70.2 Å². The molecule has 0 saturated carbocycles. The monoisotopic (exact) mass is 483 g/mol. The number of hydrogen-bond donors (Lipinski definition) is 0. The van der Waals surface area contributed by atoms with Gasteiger partial charge in [0.15, 0.2) is 0 Å². The minimum Gasteiger partial charge on any atom is -0.464 e. The Hall–Kier alpha value is -4.19. The second kappa shape index (κ2) is 9.82. The highest BCUT2D eigenvalue weighted by atomic mass is 16.6. The zero-order valence-corrected chi connectivity index (χ0v) is 21.1. The van der Waals surface area contributed by atoms with Crippen LogP contribution in [0.3, 0.4) is 0 Å². The Morgan fingerprint density at radius 3 is 2.14 bits per heavy atom. The van der Waals surface area contributed by atoms with E-state index in [2.05, 4.69) is 0 Å². The number of pyridine rings is 1. The SMILES string of the molecule is COC(=O)c1c(-c2ccccc2)c2cc(C)ccc2c(=O)n1Cc1ccc(C(=O)OC(C)(C)C)cc1. The number of carbonyl (C=O) groups excluding carboxylic acids is 2. The van der Waals surface area contributed by atoms with E-state index in [9.17, 15) is 14.4 Å². The Morgan fingerprint density at radius 2 is 1.53 bits per heavy atom. The summed E-state index contributed by atoms with van der Waals surface area (Å²) in [7, 11) is 1.31. The maximum Gasteiger partial charge on any atom is 0.355 e. The number of carbonyl (C=O) groups is 2. The zero-order chi connectivity index (χ0) is 26.0. The van der Waals surface area contributed by atoms with Crippen LogP contribution < -0.4 is 5.56 Å². The van der Waals surface area contributed by atoms with Crippen molar-refractivity contribution in [1.82, 2.24) is 4.57 Å². The zero-order valence-electron chi connectivity index (χ0n) is 21.1. The molecule has 0 radical (unpaired) electrons. The molecule has 6 nitrogen and oxygen atoms in total. The molecule has 1 heterocycles. The molecule has 6 heteroatoms. The van der Waals surface area contributed by atoms with Crippen LogP contribution in [0, 0.1) is 6.92 Å². The maximum atomic E-state index is 13.7. The number of ether oxygens (including phenoxy) is 2. The van der Waals surface area contributed by atoms with Crippen LogP contribution in [0.1, 0.15) is 52.7 Å². The molecule has 4 rings (SSSR count). The van der Waals surface area contributed by atoms with Crippen LogP contribution in [-0.4, -0.2) is 29.2 Å². The van der Waals surface area contributed by atoms with Gasteiger partial charge in [-0.2, -0.15) is 0 Å². The van der Waals surface area contributed by atoms with Crippen LogP contribution in [0.15, 0.2) is 77.6 Å². The summed E-state index contributed by atoms with van der Waals surface area (Å²) in [5.41, 5.74) is 2.88. The number of aryl methyl sites for hydroxylation is 1. The number of esters is 2. The minimum absolute atomic E-state index is 0.127. The predicted molar refractivity (Wildman–Crippen MR) is 140 cm³/mol. The van der Waals surface area contributed by atoms with Crippen molar-refractivity contribution >= 4 is 22.7 Å². The third-order valence-electron chi connectivity index (χ3n) is 5.80. The largest absolute Gasteiger partial charge is 0.464 e. The third kappa shape index (κ3) is 5.08. The second-order valence-corrected chi connectivity index (χ2v) is 9.72. The molecule has 0 saturated heterocycles. The van der Waals surface area contributed by atoms with E-state index in [-0.39, 0.29) is 17.8 Å². The van der Waals surface area contributed by atoms with Crippen molar-refractivity contribution in [2.75, 3.05) is 7.11 Å². The molecular weight excluding hydrogens is 454 g/mol. The average Bonchev–Trinajstić information content (AvgIpc) is 2.84. The van der Waals surface area contributed by atoms with Gasteiger partial charge in [-0.05, 0) is 62.4 Å². The molecule has 0 aliphatic heterocycles. The van der Waals surface area contributed by atoms with Gasteiger partial charge in [0.25, 0.3) is 5.56 Å². The number of fused-ring (bicyclic) bond motifs is 1. The van der Waals surface area contributed by atoms with Crippen molar-refractivity contribution in [3.63, 3.8) is 0 Å². The molecule has 0 unspecified atom stereocenters. The topological polar surface area (TPSA) is 74.6 Å². The van der Waals surface area contributed by atoms with Crippen LogP contribution in [0.25, 0.3) is 21.9 Å². The Kier molecular flexibility index (Phi) is 6.80. The molecule has 0 amide bonds. The molecule has 0 bridgehead atoms. The van der Waals surface area contributed by atoms with Gasteiger partial charge in [-0.1, -0.05) is 60.2 Å². The van der Waals surface area contributed by atoms with Crippen LogP contribution in [0.2, 0.25) is 0 Å². The molecule has 0 atom stereocenters. The highest BCUT2D eigenvalue weighted by Crippen LogP contribution is 2.32. The van der Waals surface area contributed by atoms with Crippen molar-refractivity contribution < 1.29 is 19.1 Å². The van der Waals surface area contributed by atoms with E-state index in [1.54, 1.807) is 30.3 Å². The van der Waals surface area contributed by atoms with E-state index in [4.69, 9.17) is 9.47 Å². The minimum atomic E-state index is -0.601. The lowest BCUT2D eigenvalue weighted by atomic mass is 9.95. The first-order valence-electron chi connectivity index (χ1n) is 11.7. The van der Waals surface area contributed by atoms with Gasteiger partial charge >= 0.3 is 11.9 Å². The Morgan fingerprint density at radius 1 is 0.861 bits per heavy atom. The molecule has 3 aromatic carbocycles. The summed E-state index contributed by atoms with van der Waals surface area (Å²) in [6.07, 6.45) is 0. The van der Waals surface area contributed by atoms with E-state index >= 15 is 0 Å². The van der Waals surface area contributed by atoms with Gasteiger partial charge < -0.3 is 9.47 Å². The molecule has 1 aromatic heterocycles. The lowest BCUT2D eigenvalue weighted by molar-refractivity contribution is 0.00693. The smallest absolute Gasteiger partial charge is 0.355 e. The van der Waals surface area contributed by atoms with Crippen molar-refractivity contribution in [2.24, 2.45) is 0 Å². The van der Waals surface area contributed by atoms with Gasteiger partial charge in [-0.25, -0.2) is 9.59 Å². The number of methoxy groups -OCH3 is 1. The molecule has 0 fully saturated rings. The fraction of sp³-hybridized carbons (Fsp3) is 0.233. The number of benzene rings is 3. The Balaban J connectivity index is 1.89. The summed E-state index contributed by atoms with van der Waals surface area (Å²) in [5, 5.41) is 1.21. The summed E-state index contributed by atoms with van der Waals surface area (Å²) in [5.74, 6) is -1.02. The normalized spacial score (nSPS) is 11.4. The van der Waals surface area contributed by atoms with E-state index < -0.39 is 17.5 Å². The van der Waals surface area contributed by atoms with Crippen LogP contribution in [0.4, 0.5) is 0 Å². The number of nitrogens with zero attached hydrogens (tertiary/aromatic N) is 1. The third-order valence-corrected chi connectivity index (χ3v) is 5.80. The maximum absolute atomic E-state index is 13.7. The van der Waals surface area contributed by atoms with E-state index in [0.29, 0.717) is 21.9 Å². The molecule has 0 N–H and O–H groups in total. The Bertz CT molecular complexity index is 1490. The molecule has 36 heavy (non-hydrogen) atoms. The van der Waals surface area contributed by atoms with Crippen molar-refractivity contribution in [3.05, 3.63) is 106 Å². The predicted octanol–water partition coefficient (Wildman–Crippen LogP) is 5.77. The lowest BCUT2D eigenvalue weighted by Gasteiger charge is -2.20. The number of rotatable bonds is 5. The highest BCUT2D eigenvalue weighted by molar-refractivity contribution is 6.06. The average molecular weight is 484 g/mol. The van der Waals surface area contributed by atoms with Crippen LogP contribution >= 0.6 is 0 Å². The van der Waals surface area contributed by atoms with Gasteiger partial charge in [-0.3, -0.25) is 9.36 Å². The molecular formula is C30H29NO5. The Labute approximate surface area is 210 Å². The molecule has 0 spiro atoms. The molecule has 4 aromatic rings. The van der Waals surface area contributed by atoms with Crippen LogP contribution in [-0.2, 0) is 16.0 Å². The summed E-state index contributed by atoms with van der Waals surface area (Å²) in [4.78, 5) is 39.2. The van der Waals surface area contributed by atoms with Crippen molar-refractivity contribution in [3.8, 4) is 11.1 Å². The first-order valence-corrected chi connectivity index (χ1v) is 11.7. The number of aromatic nitrogens is 1. The van der Waals surface area contributed by atoms with Gasteiger partial charge in [0.05, 0.1) is 19.2 Å².